The van der Waals surface area contributed by atoms with Crippen molar-refractivity contribution < 1.29 is 21.9 Å². The van der Waals surface area contributed by atoms with E-state index in [9.17, 15) is 17.2 Å². The molecule has 0 aliphatic carbocycles. The van der Waals surface area contributed by atoms with Gasteiger partial charge in [-0.15, -0.1) is 0 Å². The fraction of sp³-hybridized carbons (Fsp3) is 0.500. The minimum absolute atomic E-state index is 0.0912. The van der Waals surface area contributed by atoms with Crippen molar-refractivity contribution >= 4 is 15.7 Å². The number of pyridine rings is 1. The van der Waals surface area contributed by atoms with Gasteiger partial charge in [0.2, 0.25) is 10.0 Å². The van der Waals surface area contributed by atoms with Gasteiger partial charge in [0.05, 0.1) is 23.3 Å². The molecule has 8 heteroatoms. The Bertz CT molecular complexity index is 494. The molecule has 0 aliphatic rings. The van der Waals surface area contributed by atoms with E-state index in [4.69, 9.17) is 0 Å². The zero-order chi connectivity index (χ0) is 13.8. The quantitative estimate of drug-likeness (QED) is 0.867. The van der Waals surface area contributed by atoms with Crippen molar-refractivity contribution in [2.45, 2.75) is 32.1 Å². The summed E-state index contributed by atoms with van der Waals surface area (Å²) < 4.78 is 53.8. The Balaban J connectivity index is 2.85. The summed E-state index contributed by atoms with van der Waals surface area (Å²) in [7, 11) is -3.54. The molecule has 0 amide bonds. The van der Waals surface area contributed by atoms with E-state index in [-0.39, 0.29) is 11.4 Å². The molecular formula is C10H14F2N2O3S. The van der Waals surface area contributed by atoms with Gasteiger partial charge in [-0.25, -0.2) is 8.42 Å². The number of sulfonamides is 1. The monoisotopic (exact) mass is 280 g/mol. The summed E-state index contributed by atoms with van der Waals surface area (Å²) in [5.74, 6) is -0.200. The van der Waals surface area contributed by atoms with Crippen molar-refractivity contribution in [3.63, 3.8) is 0 Å². The van der Waals surface area contributed by atoms with Crippen LogP contribution in [0.15, 0.2) is 18.5 Å². The highest BCUT2D eigenvalue weighted by molar-refractivity contribution is 7.93. The highest BCUT2D eigenvalue weighted by Crippen LogP contribution is 2.19. The molecule has 1 unspecified atom stereocenters. The third kappa shape index (κ3) is 4.10. The van der Waals surface area contributed by atoms with Gasteiger partial charge in [0, 0.05) is 6.07 Å². The van der Waals surface area contributed by atoms with E-state index in [2.05, 4.69) is 14.4 Å². The molecule has 1 rings (SSSR count). The van der Waals surface area contributed by atoms with E-state index >= 15 is 0 Å². The minimum Gasteiger partial charge on any atom is -0.433 e. The summed E-state index contributed by atoms with van der Waals surface area (Å²) in [5, 5.41) is -0.586. The van der Waals surface area contributed by atoms with Crippen molar-refractivity contribution in [1.29, 1.82) is 0 Å². The molecule has 18 heavy (non-hydrogen) atoms. The highest BCUT2D eigenvalue weighted by Gasteiger charge is 2.19. The van der Waals surface area contributed by atoms with Crippen LogP contribution in [-0.4, -0.2) is 25.3 Å². The van der Waals surface area contributed by atoms with E-state index in [1.165, 1.54) is 6.20 Å². The first-order valence-corrected chi connectivity index (χ1v) is 6.81. The maximum Gasteiger partial charge on any atom is 0.387 e. The molecule has 0 radical (unpaired) electrons. The Morgan fingerprint density at radius 3 is 2.67 bits per heavy atom. The normalized spacial score (nSPS) is 13.4. The van der Waals surface area contributed by atoms with Crippen LogP contribution < -0.4 is 9.46 Å². The Morgan fingerprint density at radius 2 is 2.11 bits per heavy atom. The van der Waals surface area contributed by atoms with Crippen molar-refractivity contribution in [3.8, 4) is 5.75 Å². The van der Waals surface area contributed by atoms with Crippen LogP contribution >= 0.6 is 0 Å². The van der Waals surface area contributed by atoms with Gasteiger partial charge in [0.1, 0.15) is 5.75 Å². The largest absolute Gasteiger partial charge is 0.433 e. The number of hydrogen-bond donors (Lipinski definition) is 1. The Morgan fingerprint density at radius 1 is 1.44 bits per heavy atom. The van der Waals surface area contributed by atoms with Crippen LogP contribution in [0.4, 0.5) is 14.5 Å². The number of nitrogens with zero attached hydrogens (tertiary/aromatic N) is 1. The van der Waals surface area contributed by atoms with Gasteiger partial charge >= 0.3 is 6.61 Å². The highest BCUT2D eigenvalue weighted by atomic mass is 32.2. The van der Waals surface area contributed by atoms with Gasteiger partial charge in [0.25, 0.3) is 0 Å². The molecular weight excluding hydrogens is 266 g/mol. The smallest absolute Gasteiger partial charge is 0.387 e. The van der Waals surface area contributed by atoms with Crippen molar-refractivity contribution in [1.82, 2.24) is 4.98 Å². The molecule has 0 fully saturated rings. The minimum atomic E-state index is -3.54. The second-order valence-corrected chi connectivity index (χ2v) is 5.75. The van der Waals surface area contributed by atoms with Gasteiger partial charge in [-0.2, -0.15) is 8.78 Å². The number of rotatable bonds is 6. The Kier molecular flexibility index (Phi) is 4.83. The Labute approximate surface area is 104 Å². The number of hydrogen-bond acceptors (Lipinski definition) is 4. The van der Waals surface area contributed by atoms with Crippen LogP contribution in [0.2, 0.25) is 0 Å². The lowest BCUT2D eigenvalue weighted by Crippen LogP contribution is -2.24. The van der Waals surface area contributed by atoms with Crippen LogP contribution in [0.1, 0.15) is 20.3 Å². The average Bonchev–Trinajstić information content (AvgIpc) is 2.26. The number of aromatic nitrogens is 1. The number of nitrogens with one attached hydrogen (secondary N) is 1. The van der Waals surface area contributed by atoms with E-state index in [1.807, 2.05) is 0 Å². The van der Waals surface area contributed by atoms with Gasteiger partial charge < -0.3 is 4.74 Å². The lowest BCUT2D eigenvalue weighted by molar-refractivity contribution is -0.0500. The molecule has 0 spiro atoms. The van der Waals surface area contributed by atoms with E-state index in [0.717, 1.165) is 12.3 Å². The van der Waals surface area contributed by atoms with Crippen LogP contribution in [0, 0.1) is 0 Å². The average molecular weight is 280 g/mol. The van der Waals surface area contributed by atoms with Crippen LogP contribution in [0.5, 0.6) is 5.75 Å². The summed E-state index contributed by atoms with van der Waals surface area (Å²) in [5.41, 5.74) is 0.0912. The Hall–Kier alpha value is -1.44. The van der Waals surface area contributed by atoms with Crippen LogP contribution in [0.3, 0.4) is 0 Å². The first kappa shape index (κ1) is 14.6. The summed E-state index contributed by atoms with van der Waals surface area (Å²) in [6.45, 7) is 0.307. The van der Waals surface area contributed by atoms with Crippen molar-refractivity contribution in [2.24, 2.45) is 0 Å². The fourth-order valence-electron chi connectivity index (χ4n) is 1.13. The fourth-order valence-corrected chi connectivity index (χ4v) is 2.21. The van der Waals surface area contributed by atoms with E-state index in [0.29, 0.717) is 6.42 Å². The van der Waals surface area contributed by atoms with E-state index < -0.39 is 21.9 Å². The molecule has 102 valence electrons. The predicted molar refractivity (Wildman–Crippen MR) is 63.2 cm³/mol. The predicted octanol–water partition coefficient (Wildman–Crippen LogP) is 2.22. The molecule has 0 aliphatic heterocycles. The molecule has 1 heterocycles. The number of anilines is 1. The van der Waals surface area contributed by atoms with Crippen molar-refractivity contribution in [2.75, 3.05) is 4.72 Å². The second-order valence-electron chi connectivity index (χ2n) is 3.65. The van der Waals surface area contributed by atoms with Gasteiger partial charge in [-0.3, -0.25) is 9.71 Å². The molecule has 0 saturated carbocycles. The van der Waals surface area contributed by atoms with Crippen LogP contribution in [-0.2, 0) is 10.0 Å². The second kappa shape index (κ2) is 5.94. The third-order valence-corrected chi connectivity index (χ3v) is 4.22. The molecule has 1 aromatic heterocycles. The topological polar surface area (TPSA) is 68.3 Å². The zero-order valence-corrected chi connectivity index (χ0v) is 10.7. The molecule has 1 N–H and O–H groups in total. The lowest BCUT2D eigenvalue weighted by Gasteiger charge is -2.13. The third-order valence-electron chi connectivity index (χ3n) is 2.30. The summed E-state index contributed by atoms with van der Waals surface area (Å²) in [4.78, 5) is 3.62. The van der Waals surface area contributed by atoms with E-state index in [1.54, 1.807) is 13.8 Å². The molecule has 1 aromatic rings. The van der Waals surface area contributed by atoms with Crippen molar-refractivity contribution in [3.05, 3.63) is 18.5 Å². The van der Waals surface area contributed by atoms with Gasteiger partial charge in [-0.05, 0) is 13.3 Å². The first-order chi connectivity index (χ1) is 8.35. The SMILES string of the molecule is CCC(C)S(=O)(=O)Nc1cncc(OC(F)F)c1. The molecule has 0 aromatic carbocycles. The standard InChI is InChI=1S/C10H14F2N2O3S/c1-3-7(2)18(15,16)14-8-4-9(6-13-5-8)17-10(11)12/h4-7,10,14H,3H2,1-2H3. The zero-order valence-electron chi connectivity index (χ0n) is 9.93. The first-order valence-electron chi connectivity index (χ1n) is 5.26. The van der Waals surface area contributed by atoms with Crippen LogP contribution in [0.25, 0.3) is 0 Å². The molecule has 0 saturated heterocycles. The van der Waals surface area contributed by atoms with Gasteiger partial charge in [-0.1, -0.05) is 6.92 Å². The summed E-state index contributed by atoms with van der Waals surface area (Å²) in [6, 6.07) is 1.15. The lowest BCUT2D eigenvalue weighted by atomic mass is 10.4. The van der Waals surface area contributed by atoms with Gasteiger partial charge in [0.15, 0.2) is 0 Å². The number of ether oxygens (including phenoxy) is 1. The molecule has 5 nitrogen and oxygen atoms in total. The molecule has 1 atom stereocenters. The maximum absolute atomic E-state index is 12.0. The number of halogens is 2. The summed E-state index contributed by atoms with van der Waals surface area (Å²) >= 11 is 0. The number of alkyl halides is 2. The molecule has 0 bridgehead atoms. The maximum atomic E-state index is 12.0. The summed E-state index contributed by atoms with van der Waals surface area (Å²) in [6.07, 6.45) is 2.74.